The maximum Gasteiger partial charge on any atom is 0.163 e. The number of ether oxygens (including phenoxy) is 1. The van der Waals surface area contributed by atoms with Crippen LogP contribution in [0.1, 0.15) is 30.1 Å². The van der Waals surface area contributed by atoms with Crippen molar-refractivity contribution in [2.75, 3.05) is 19.7 Å². The molecule has 0 aliphatic carbocycles. The van der Waals surface area contributed by atoms with Crippen molar-refractivity contribution in [2.45, 2.75) is 26.1 Å². The molecule has 0 bridgehead atoms. The highest BCUT2D eigenvalue weighted by atomic mass is 16.5. The largest absolute Gasteiger partial charge is 0.368 e. The molecule has 4 heterocycles. The van der Waals surface area contributed by atoms with Crippen molar-refractivity contribution in [1.29, 1.82) is 5.26 Å². The highest BCUT2D eigenvalue weighted by molar-refractivity contribution is 5.44. The van der Waals surface area contributed by atoms with Crippen molar-refractivity contribution in [3.05, 3.63) is 47.9 Å². The number of rotatable bonds is 4. The van der Waals surface area contributed by atoms with E-state index in [0.717, 1.165) is 43.3 Å². The second-order valence-corrected chi connectivity index (χ2v) is 6.08. The topological polar surface area (TPSA) is 84.3 Å². The van der Waals surface area contributed by atoms with Gasteiger partial charge in [0.15, 0.2) is 5.82 Å². The smallest absolute Gasteiger partial charge is 0.163 e. The number of aryl methyl sites for hydroxylation is 1. The van der Waals surface area contributed by atoms with Crippen LogP contribution in [0.15, 0.2) is 30.9 Å². The fourth-order valence-corrected chi connectivity index (χ4v) is 3.20. The average Bonchev–Trinajstić information content (AvgIpc) is 3.28. The van der Waals surface area contributed by atoms with E-state index in [2.05, 4.69) is 33.1 Å². The van der Waals surface area contributed by atoms with Crippen LogP contribution < -0.4 is 0 Å². The van der Waals surface area contributed by atoms with E-state index >= 15 is 0 Å². The Balaban J connectivity index is 1.54. The Labute approximate surface area is 145 Å². The summed E-state index contributed by atoms with van der Waals surface area (Å²) in [6, 6.07) is 5.83. The molecule has 3 aromatic rings. The van der Waals surface area contributed by atoms with Crippen LogP contribution in [0.25, 0.3) is 5.65 Å². The summed E-state index contributed by atoms with van der Waals surface area (Å²) >= 11 is 0. The minimum Gasteiger partial charge on any atom is -0.368 e. The molecule has 128 valence electrons. The van der Waals surface area contributed by atoms with E-state index in [-0.39, 0.29) is 6.10 Å². The molecule has 3 aromatic heterocycles. The molecule has 0 unspecified atom stereocenters. The van der Waals surface area contributed by atoms with Crippen molar-refractivity contribution < 1.29 is 4.74 Å². The lowest BCUT2D eigenvalue weighted by Gasteiger charge is -2.32. The van der Waals surface area contributed by atoms with Crippen LogP contribution in [-0.2, 0) is 17.8 Å². The van der Waals surface area contributed by atoms with Gasteiger partial charge in [-0.15, -0.1) is 10.2 Å². The normalized spacial score (nSPS) is 18.5. The molecule has 0 aromatic carbocycles. The second kappa shape index (κ2) is 6.63. The van der Waals surface area contributed by atoms with E-state index in [1.165, 1.54) is 0 Å². The summed E-state index contributed by atoms with van der Waals surface area (Å²) in [6.07, 6.45) is 5.37. The lowest BCUT2D eigenvalue weighted by atomic mass is 10.2. The van der Waals surface area contributed by atoms with Gasteiger partial charge in [0, 0.05) is 32.4 Å². The van der Waals surface area contributed by atoms with Gasteiger partial charge in [0.1, 0.15) is 24.1 Å². The van der Waals surface area contributed by atoms with E-state index in [1.807, 2.05) is 27.4 Å². The molecule has 8 heteroatoms. The van der Waals surface area contributed by atoms with E-state index in [0.29, 0.717) is 12.2 Å². The number of hydrogen-bond acceptors (Lipinski definition) is 6. The van der Waals surface area contributed by atoms with Gasteiger partial charge < -0.3 is 13.7 Å². The molecule has 8 nitrogen and oxygen atoms in total. The first-order valence-corrected chi connectivity index (χ1v) is 8.36. The molecular weight excluding hydrogens is 318 g/mol. The summed E-state index contributed by atoms with van der Waals surface area (Å²) in [5.41, 5.74) is 2.54. The van der Waals surface area contributed by atoms with Gasteiger partial charge in [-0.05, 0) is 19.1 Å². The van der Waals surface area contributed by atoms with E-state index in [4.69, 9.17) is 10.00 Å². The summed E-state index contributed by atoms with van der Waals surface area (Å²) in [7, 11) is 0. The number of pyridine rings is 1. The molecule has 0 amide bonds. The van der Waals surface area contributed by atoms with Crippen molar-refractivity contribution in [2.24, 2.45) is 0 Å². The Kier molecular flexibility index (Phi) is 4.17. The van der Waals surface area contributed by atoms with Gasteiger partial charge in [0.05, 0.1) is 24.1 Å². The average molecular weight is 337 g/mol. The molecule has 0 radical (unpaired) electrons. The van der Waals surface area contributed by atoms with Crippen LogP contribution in [0, 0.1) is 11.3 Å². The van der Waals surface area contributed by atoms with Gasteiger partial charge in [-0.2, -0.15) is 5.26 Å². The Morgan fingerprint density at radius 2 is 2.32 bits per heavy atom. The molecule has 25 heavy (non-hydrogen) atoms. The van der Waals surface area contributed by atoms with Crippen LogP contribution in [0.5, 0.6) is 0 Å². The highest BCUT2D eigenvalue weighted by Gasteiger charge is 2.26. The van der Waals surface area contributed by atoms with Gasteiger partial charge in [-0.25, -0.2) is 4.98 Å². The lowest BCUT2D eigenvalue weighted by molar-refractivity contribution is -0.0392. The zero-order valence-corrected chi connectivity index (χ0v) is 14.0. The van der Waals surface area contributed by atoms with Gasteiger partial charge in [0.2, 0.25) is 0 Å². The molecule has 1 aliphatic heterocycles. The predicted molar refractivity (Wildman–Crippen MR) is 89.6 cm³/mol. The molecule has 0 N–H and O–H groups in total. The van der Waals surface area contributed by atoms with E-state index in [9.17, 15) is 0 Å². The fourth-order valence-electron chi connectivity index (χ4n) is 3.20. The quantitative estimate of drug-likeness (QED) is 0.715. The van der Waals surface area contributed by atoms with Gasteiger partial charge in [-0.3, -0.25) is 4.90 Å². The maximum absolute atomic E-state index is 9.11. The number of morpholine rings is 1. The zero-order chi connectivity index (χ0) is 17.2. The van der Waals surface area contributed by atoms with Gasteiger partial charge >= 0.3 is 0 Å². The number of nitriles is 1. The first-order chi connectivity index (χ1) is 12.3. The first-order valence-electron chi connectivity index (χ1n) is 8.36. The van der Waals surface area contributed by atoms with Crippen molar-refractivity contribution >= 4 is 5.65 Å². The third-order valence-corrected chi connectivity index (χ3v) is 4.52. The number of fused-ring (bicyclic) bond motifs is 1. The summed E-state index contributed by atoms with van der Waals surface area (Å²) in [5, 5.41) is 17.3. The predicted octanol–water partition coefficient (Wildman–Crippen LogP) is 1.39. The molecular formula is C17H19N7O. The molecule has 4 rings (SSSR count). The van der Waals surface area contributed by atoms with E-state index < -0.39 is 0 Å². The summed E-state index contributed by atoms with van der Waals surface area (Å²) < 4.78 is 9.91. The van der Waals surface area contributed by atoms with E-state index in [1.54, 1.807) is 12.4 Å². The second-order valence-electron chi connectivity index (χ2n) is 6.08. The van der Waals surface area contributed by atoms with Crippen LogP contribution in [-0.4, -0.2) is 48.7 Å². The highest BCUT2D eigenvalue weighted by Crippen LogP contribution is 2.22. The molecule has 1 aliphatic rings. The molecule has 0 spiro atoms. The van der Waals surface area contributed by atoms with Crippen molar-refractivity contribution in [1.82, 2.24) is 29.0 Å². The third-order valence-electron chi connectivity index (χ3n) is 4.52. The Hall–Kier alpha value is -2.76. The zero-order valence-electron chi connectivity index (χ0n) is 14.0. The molecule has 1 atom stereocenters. The van der Waals surface area contributed by atoms with Crippen molar-refractivity contribution in [3.63, 3.8) is 0 Å². The molecule has 0 saturated carbocycles. The summed E-state index contributed by atoms with van der Waals surface area (Å²) in [4.78, 5) is 6.75. The maximum atomic E-state index is 9.11. The Morgan fingerprint density at radius 1 is 1.40 bits per heavy atom. The number of aromatic nitrogens is 5. The van der Waals surface area contributed by atoms with Crippen LogP contribution in [0.3, 0.4) is 0 Å². The van der Waals surface area contributed by atoms with Crippen molar-refractivity contribution in [3.8, 4) is 6.07 Å². The molecule has 1 fully saturated rings. The van der Waals surface area contributed by atoms with Crippen LogP contribution in [0.2, 0.25) is 0 Å². The Bertz CT molecular complexity index is 923. The first kappa shape index (κ1) is 15.7. The third kappa shape index (κ3) is 2.99. The minimum atomic E-state index is -0.0787. The number of nitrogens with zero attached hydrogens (tertiary/aromatic N) is 7. The lowest BCUT2D eigenvalue weighted by Crippen LogP contribution is -2.39. The van der Waals surface area contributed by atoms with Gasteiger partial charge in [-0.1, -0.05) is 0 Å². The number of hydrogen-bond donors (Lipinski definition) is 0. The van der Waals surface area contributed by atoms with Gasteiger partial charge in [0.25, 0.3) is 0 Å². The fraction of sp³-hybridized carbons (Fsp3) is 0.412. The monoisotopic (exact) mass is 337 g/mol. The Morgan fingerprint density at radius 3 is 3.16 bits per heavy atom. The number of imidazole rings is 1. The molecule has 1 saturated heterocycles. The van der Waals surface area contributed by atoms with Crippen LogP contribution in [0.4, 0.5) is 0 Å². The van der Waals surface area contributed by atoms with Crippen LogP contribution >= 0.6 is 0 Å². The summed E-state index contributed by atoms with van der Waals surface area (Å²) in [5.74, 6) is 0.872. The minimum absolute atomic E-state index is 0.0787. The summed E-state index contributed by atoms with van der Waals surface area (Å²) in [6.45, 7) is 5.90. The SMILES string of the molecule is CCn1cnnc1[C@@H]1CN(Cc2cnc3ccc(C#N)cn23)CCO1. The standard InChI is InChI=1S/C17H19N7O/c1-2-23-12-20-21-17(23)15-11-22(5-6-25-15)10-14-8-19-16-4-3-13(7-18)9-24(14)16/h3-4,8-9,12,15H,2,5-6,10-11H2,1H3/t15-/m0/s1.